The molecule has 1 aliphatic rings. The minimum absolute atomic E-state index is 0.0108. The van der Waals surface area contributed by atoms with Crippen LogP contribution in [0, 0.1) is 11.7 Å². The number of amides is 1. The number of hydrogen-bond acceptors (Lipinski definition) is 3. The average Bonchev–Trinajstić information content (AvgIpc) is 2.68. The van der Waals surface area contributed by atoms with Gasteiger partial charge in [-0.1, -0.05) is 6.07 Å². The second-order valence-electron chi connectivity index (χ2n) is 6.72. The Labute approximate surface area is 165 Å². The van der Waals surface area contributed by atoms with Crippen molar-refractivity contribution >= 4 is 21.6 Å². The van der Waals surface area contributed by atoms with Crippen molar-refractivity contribution in [1.29, 1.82) is 0 Å². The number of carbonyl (C=O) groups is 1. The van der Waals surface area contributed by atoms with E-state index in [-0.39, 0.29) is 23.7 Å². The van der Waals surface area contributed by atoms with Crippen LogP contribution in [0.1, 0.15) is 18.4 Å². The van der Waals surface area contributed by atoms with E-state index in [0.29, 0.717) is 12.8 Å². The number of nitrogens with zero attached hydrogens (tertiary/aromatic N) is 1. The van der Waals surface area contributed by atoms with Gasteiger partial charge in [0.2, 0.25) is 15.9 Å². The van der Waals surface area contributed by atoms with Gasteiger partial charge in [0.05, 0.1) is 16.4 Å². The van der Waals surface area contributed by atoms with E-state index in [1.54, 1.807) is 0 Å². The molecule has 0 aliphatic carbocycles. The van der Waals surface area contributed by atoms with E-state index >= 15 is 0 Å². The van der Waals surface area contributed by atoms with Gasteiger partial charge in [-0.2, -0.15) is 17.5 Å². The van der Waals surface area contributed by atoms with Gasteiger partial charge in [0.1, 0.15) is 5.82 Å². The summed E-state index contributed by atoms with van der Waals surface area (Å²) in [4.78, 5) is 12.4. The van der Waals surface area contributed by atoms with Crippen molar-refractivity contribution in [3.8, 4) is 0 Å². The van der Waals surface area contributed by atoms with Gasteiger partial charge in [0, 0.05) is 18.8 Å². The maximum atomic E-state index is 13.1. The van der Waals surface area contributed by atoms with Crippen LogP contribution in [0.2, 0.25) is 0 Å². The third-order valence-corrected chi connectivity index (χ3v) is 6.54. The highest BCUT2D eigenvalue weighted by atomic mass is 32.2. The van der Waals surface area contributed by atoms with Crippen molar-refractivity contribution in [1.82, 2.24) is 4.31 Å². The fourth-order valence-corrected chi connectivity index (χ4v) is 4.67. The van der Waals surface area contributed by atoms with Crippen molar-refractivity contribution in [2.45, 2.75) is 23.9 Å². The number of piperidine rings is 1. The fraction of sp³-hybridized carbons (Fsp3) is 0.316. The largest absolute Gasteiger partial charge is 0.416 e. The zero-order valence-electron chi connectivity index (χ0n) is 15.1. The molecule has 1 saturated heterocycles. The SMILES string of the molecule is O=C(Nc1cccc(C(F)(F)F)c1)C1CCCN(S(=O)(=O)c2ccc(F)cc2)C1. The highest BCUT2D eigenvalue weighted by molar-refractivity contribution is 7.89. The molecule has 0 spiro atoms. The average molecular weight is 430 g/mol. The Balaban J connectivity index is 1.72. The monoisotopic (exact) mass is 430 g/mol. The Morgan fingerprint density at radius 3 is 2.45 bits per heavy atom. The summed E-state index contributed by atoms with van der Waals surface area (Å²) in [6.07, 6.45) is -3.72. The van der Waals surface area contributed by atoms with Crippen molar-refractivity contribution < 1.29 is 30.8 Å². The van der Waals surface area contributed by atoms with E-state index in [0.717, 1.165) is 40.7 Å². The Morgan fingerprint density at radius 1 is 1.10 bits per heavy atom. The highest BCUT2D eigenvalue weighted by Gasteiger charge is 2.34. The molecule has 0 bridgehead atoms. The molecule has 1 heterocycles. The molecular weight excluding hydrogens is 412 g/mol. The van der Waals surface area contributed by atoms with E-state index in [1.807, 2.05) is 0 Å². The van der Waals surface area contributed by atoms with E-state index < -0.39 is 39.4 Å². The van der Waals surface area contributed by atoms with Gasteiger partial charge in [0.25, 0.3) is 0 Å². The molecule has 156 valence electrons. The molecule has 0 radical (unpaired) electrons. The second-order valence-corrected chi connectivity index (χ2v) is 8.66. The number of hydrogen-bond donors (Lipinski definition) is 1. The molecule has 1 fully saturated rings. The number of carbonyl (C=O) groups excluding carboxylic acids is 1. The zero-order valence-corrected chi connectivity index (χ0v) is 15.9. The van der Waals surface area contributed by atoms with Gasteiger partial charge in [0.15, 0.2) is 0 Å². The lowest BCUT2D eigenvalue weighted by Gasteiger charge is -2.31. The van der Waals surface area contributed by atoms with Crippen LogP contribution < -0.4 is 5.32 Å². The minimum Gasteiger partial charge on any atom is -0.326 e. The van der Waals surface area contributed by atoms with Crippen molar-refractivity contribution in [2.24, 2.45) is 5.92 Å². The van der Waals surface area contributed by atoms with Crippen LogP contribution in [-0.4, -0.2) is 31.7 Å². The summed E-state index contributed by atoms with van der Waals surface area (Å²) in [5.74, 6) is -1.84. The maximum absolute atomic E-state index is 13.1. The normalized spacial score (nSPS) is 18.4. The molecule has 5 nitrogen and oxygen atoms in total. The molecule has 1 amide bonds. The predicted octanol–water partition coefficient (Wildman–Crippen LogP) is 3.88. The van der Waals surface area contributed by atoms with Crippen molar-refractivity contribution in [2.75, 3.05) is 18.4 Å². The van der Waals surface area contributed by atoms with Gasteiger partial charge >= 0.3 is 6.18 Å². The lowest BCUT2D eigenvalue weighted by Crippen LogP contribution is -2.43. The molecule has 2 aromatic carbocycles. The summed E-state index contributed by atoms with van der Waals surface area (Å²) in [6.45, 7) is 0.0948. The quantitative estimate of drug-likeness (QED) is 0.749. The number of benzene rings is 2. The molecule has 3 rings (SSSR count). The van der Waals surface area contributed by atoms with Crippen LogP contribution in [0.25, 0.3) is 0 Å². The summed E-state index contributed by atoms with van der Waals surface area (Å²) in [5, 5.41) is 2.43. The zero-order chi connectivity index (χ0) is 21.2. The first-order valence-electron chi connectivity index (χ1n) is 8.81. The number of anilines is 1. The second kappa shape index (κ2) is 8.11. The van der Waals surface area contributed by atoms with Crippen LogP contribution in [0.15, 0.2) is 53.4 Å². The lowest BCUT2D eigenvalue weighted by molar-refractivity contribution is -0.137. The van der Waals surface area contributed by atoms with Crippen molar-refractivity contribution in [3.63, 3.8) is 0 Å². The predicted molar refractivity (Wildman–Crippen MR) is 98.0 cm³/mol. The first-order chi connectivity index (χ1) is 13.6. The molecule has 1 aliphatic heterocycles. The number of sulfonamides is 1. The highest BCUT2D eigenvalue weighted by Crippen LogP contribution is 2.31. The Bertz CT molecular complexity index is 991. The Kier molecular flexibility index (Phi) is 5.95. The summed E-state index contributed by atoms with van der Waals surface area (Å²) >= 11 is 0. The van der Waals surface area contributed by atoms with E-state index in [1.165, 1.54) is 12.1 Å². The molecular formula is C19H18F4N2O3S. The Morgan fingerprint density at radius 2 is 1.79 bits per heavy atom. The van der Waals surface area contributed by atoms with E-state index in [9.17, 15) is 30.8 Å². The van der Waals surface area contributed by atoms with Gasteiger partial charge in [-0.15, -0.1) is 0 Å². The van der Waals surface area contributed by atoms with Crippen LogP contribution in [0.5, 0.6) is 0 Å². The number of rotatable bonds is 4. The molecule has 1 unspecified atom stereocenters. The summed E-state index contributed by atoms with van der Waals surface area (Å²) < 4.78 is 78.1. The number of nitrogens with one attached hydrogen (secondary N) is 1. The molecule has 1 atom stereocenters. The maximum Gasteiger partial charge on any atom is 0.416 e. The minimum atomic E-state index is -4.54. The van der Waals surface area contributed by atoms with Gasteiger partial charge in [-0.25, -0.2) is 12.8 Å². The van der Waals surface area contributed by atoms with Crippen LogP contribution in [0.3, 0.4) is 0 Å². The van der Waals surface area contributed by atoms with E-state index in [4.69, 9.17) is 0 Å². The first-order valence-corrected chi connectivity index (χ1v) is 10.3. The van der Waals surface area contributed by atoms with Crippen LogP contribution in [0.4, 0.5) is 23.2 Å². The van der Waals surface area contributed by atoms with Crippen molar-refractivity contribution in [3.05, 3.63) is 59.9 Å². The summed E-state index contributed by atoms with van der Waals surface area (Å²) in [6, 6.07) is 8.62. The summed E-state index contributed by atoms with van der Waals surface area (Å²) in [7, 11) is -3.91. The first kappa shape index (κ1) is 21.3. The lowest BCUT2D eigenvalue weighted by atomic mass is 9.98. The topological polar surface area (TPSA) is 66.5 Å². The van der Waals surface area contributed by atoms with Gasteiger partial charge < -0.3 is 5.32 Å². The van der Waals surface area contributed by atoms with E-state index in [2.05, 4.69) is 5.32 Å². The Hall–Kier alpha value is -2.46. The fourth-order valence-electron chi connectivity index (χ4n) is 3.15. The standard InChI is InChI=1S/C19H18F4N2O3S/c20-15-6-8-17(9-7-15)29(27,28)25-10-2-3-13(12-25)18(26)24-16-5-1-4-14(11-16)19(21,22)23/h1,4-9,11,13H,2-3,10,12H2,(H,24,26). The molecule has 0 aromatic heterocycles. The third-order valence-electron chi connectivity index (χ3n) is 4.66. The number of halogens is 4. The van der Waals surface area contributed by atoms with Crippen LogP contribution in [-0.2, 0) is 21.0 Å². The number of alkyl halides is 3. The molecule has 10 heteroatoms. The summed E-state index contributed by atoms with van der Waals surface area (Å²) in [5.41, 5.74) is -0.900. The molecule has 29 heavy (non-hydrogen) atoms. The van der Waals surface area contributed by atoms with Gasteiger partial charge in [-0.3, -0.25) is 4.79 Å². The smallest absolute Gasteiger partial charge is 0.326 e. The third kappa shape index (κ3) is 4.94. The molecule has 1 N–H and O–H groups in total. The van der Waals surface area contributed by atoms with Gasteiger partial charge in [-0.05, 0) is 55.3 Å². The molecule has 2 aromatic rings. The molecule has 0 saturated carbocycles. The van der Waals surface area contributed by atoms with Crippen LogP contribution >= 0.6 is 0 Å².